The molecule has 2 N–H and O–H groups in total. The molecule has 1 saturated heterocycles. The lowest BCUT2D eigenvalue weighted by atomic mass is 10.0. The summed E-state index contributed by atoms with van der Waals surface area (Å²) < 4.78 is 23.6. The van der Waals surface area contributed by atoms with E-state index in [9.17, 15) is 18.0 Å². The van der Waals surface area contributed by atoms with E-state index in [0.29, 0.717) is 0 Å². The van der Waals surface area contributed by atoms with Gasteiger partial charge in [0.15, 0.2) is 9.84 Å². The third-order valence-corrected chi connectivity index (χ3v) is 6.81. The first kappa shape index (κ1) is 22.0. The lowest BCUT2D eigenvalue weighted by molar-refractivity contribution is -0.128. The number of nitrogens with one attached hydrogen (secondary N) is 2. The standard InChI is InChI=1S/C22H27N3O4S/c1-2-17-8-6-7-11-19(17)24-20(26)16-23-22(27)21(18-9-4-3-5-10-18)25-12-14-30(28,29)15-13-25/h3-11,21H,2,12-16H2,1H3,(H,23,27)(H,24,26). The fourth-order valence-electron chi connectivity index (χ4n) is 3.56. The highest BCUT2D eigenvalue weighted by Gasteiger charge is 2.32. The Balaban J connectivity index is 1.67. The summed E-state index contributed by atoms with van der Waals surface area (Å²) in [6.45, 7) is 2.42. The van der Waals surface area contributed by atoms with Gasteiger partial charge in [0.1, 0.15) is 6.04 Å². The van der Waals surface area contributed by atoms with Gasteiger partial charge >= 0.3 is 0 Å². The van der Waals surface area contributed by atoms with E-state index in [0.717, 1.165) is 23.2 Å². The molecule has 160 valence electrons. The first-order valence-electron chi connectivity index (χ1n) is 10.0. The molecule has 1 atom stereocenters. The Bertz CT molecular complexity index is 978. The molecule has 0 aromatic heterocycles. The van der Waals surface area contributed by atoms with Crippen molar-refractivity contribution in [1.82, 2.24) is 10.2 Å². The van der Waals surface area contributed by atoms with Crippen molar-refractivity contribution in [2.24, 2.45) is 0 Å². The number of nitrogens with zero attached hydrogens (tertiary/aromatic N) is 1. The molecule has 30 heavy (non-hydrogen) atoms. The zero-order valence-electron chi connectivity index (χ0n) is 17.0. The predicted octanol–water partition coefficient (Wildman–Crippen LogP) is 1.78. The first-order valence-corrected chi connectivity index (χ1v) is 11.9. The Morgan fingerprint density at radius 2 is 1.63 bits per heavy atom. The minimum atomic E-state index is -3.06. The van der Waals surface area contributed by atoms with E-state index in [1.54, 1.807) is 0 Å². The summed E-state index contributed by atoms with van der Waals surface area (Å²) in [4.78, 5) is 27.2. The van der Waals surface area contributed by atoms with Gasteiger partial charge < -0.3 is 10.6 Å². The Kier molecular flexibility index (Phi) is 7.23. The van der Waals surface area contributed by atoms with Crippen LogP contribution >= 0.6 is 0 Å². The van der Waals surface area contributed by atoms with Gasteiger partial charge in [-0.3, -0.25) is 14.5 Å². The van der Waals surface area contributed by atoms with Gasteiger partial charge in [0, 0.05) is 18.8 Å². The minimum absolute atomic E-state index is 0.0257. The number of rotatable bonds is 7. The molecule has 1 fully saturated rings. The van der Waals surface area contributed by atoms with Crippen molar-refractivity contribution in [3.05, 3.63) is 65.7 Å². The molecule has 1 aliphatic rings. The van der Waals surface area contributed by atoms with Gasteiger partial charge in [0.25, 0.3) is 0 Å². The number of benzene rings is 2. The van der Waals surface area contributed by atoms with E-state index in [1.165, 1.54) is 0 Å². The molecule has 0 radical (unpaired) electrons. The highest BCUT2D eigenvalue weighted by Crippen LogP contribution is 2.23. The van der Waals surface area contributed by atoms with Crippen molar-refractivity contribution >= 4 is 27.3 Å². The Morgan fingerprint density at radius 1 is 1.00 bits per heavy atom. The monoisotopic (exact) mass is 429 g/mol. The summed E-state index contributed by atoms with van der Waals surface area (Å²) in [5, 5.41) is 5.55. The van der Waals surface area contributed by atoms with Crippen molar-refractivity contribution in [3.8, 4) is 0 Å². The van der Waals surface area contributed by atoms with E-state index < -0.39 is 15.9 Å². The van der Waals surface area contributed by atoms with Crippen LogP contribution in [-0.2, 0) is 25.8 Å². The van der Waals surface area contributed by atoms with Crippen LogP contribution in [0.3, 0.4) is 0 Å². The Labute approximate surface area is 177 Å². The maximum absolute atomic E-state index is 13.0. The summed E-state index contributed by atoms with van der Waals surface area (Å²) >= 11 is 0. The SMILES string of the molecule is CCc1ccccc1NC(=O)CNC(=O)C(c1ccccc1)N1CCS(=O)(=O)CC1. The molecule has 0 saturated carbocycles. The molecule has 2 aromatic rings. The molecule has 2 amide bonds. The molecule has 3 rings (SSSR count). The van der Waals surface area contributed by atoms with Crippen molar-refractivity contribution in [2.75, 3.05) is 36.5 Å². The largest absolute Gasteiger partial charge is 0.345 e. The van der Waals surface area contributed by atoms with Gasteiger partial charge in [-0.15, -0.1) is 0 Å². The number of anilines is 1. The zero-order chi connectivity index (χ0) is 21.6. The van der Waals surface area contributed by atoms with Crippen LogP contribution in [0.2, 0.25) is 0 Å². The van der Waals surface area contributed by atoms with E-state index in [2.05, 4.69) is 10.6 Å². The molecular formula is C22H27N3O4S. The van der Waals surface area contributed by atoms with E-state index >= 15 is 0 Å². The second-order valence-corrected chi connectivity index (χ2v) is 9.58. The molecule has 7 nitrogen and oxygen atoms in total. The number of aryl methyl sites for hydroxylation is 1. The van der Waals surface area contributed by atoms with Crippen LogP contribution in [0, 0.1) is 0 Å². The van der Waals surface area contributed by atoms with Gasteiger partial charge in [0.2, 0.25) is 11.8 Å². The third kappa shape index (κ3) is 5.67. The summed E-state index contributed by atoms with van der Waals surface area (Å²) in [6.07, 6.45) is 0.788. The second-order valence-electron chi connectivity index (χ2n) is 7.28. The van der Waals surface area contributed by atoms with Crippen molar-refractivity contribution in [2.45, 2.75) is 19.4 Å². The molecule has 1 aliphatic heterocycles. The maximum atomic E-state index is 13.0. The number of amides is 2. The van der Waals surface area contributed by atoms with Crippen LogP contribution in [0.5, 0.6) is 0 Å². The van der Waals surface area contributed by atoms with Gasteiger partial charge in [-0.05, 0) is 23.6 Å². The van der Waals surface area contributed by atoms with Crippen LogP contribution < -0.4 is 10.6 Å². The van der Waals surface area contributed by atoms with Crippen LogP contribution in [0.1, 0.15) is 24.1 Å². The molecular weight excluding hydrogens is 402 g/mol. The average molecular weight is 430 g/mol. The molecule has 1 unspecified atom stereocenters. The normalized spacial score (nSPS) is 17.1. The fourth-order valence-corrected chi connectivity index (χ4v) is 4.79. The van der Waals surface area contributed by atoms with Crippen LogP contribution in [0.25, 0.3) is 0 Å². The maximum Gasteiger partial charge on any atom is 0.243 e. The number of carbonyl (C=O) groups excluding carboxylic acids is 2. The van der Waals surface area contributed by atoms with E-state index in [4.69, 9.17) is 0 Å². The smallest absolute Gasteiger partial charge is 0.243 e. The van der Waals surface area contributed by atoms with Crippen molar-refractivity contribution in [1.29, 1.82) is 0 Å². The fraction of sp³-hybridized carbons (Fsp3) is 0.364. The molecule has 0 spiro atoms. The summed E-state index contributed by atoms with van der Waals surface area (Å²) in [5.41, 5.74) is 2.53. The van der Waals surface area contributed by atoms with Crippen LogP contribution in [0.4, 0.5) is 5.69 Å². The Hall–Kier alpha value is -2.71. The van der Waals surface area contributed by atoms with Crippen molar-refractivity contribution in [3.63, 3.8) is 0 Å². The van der Waals surface area contributed by atoms with Gasteiger partial charge in [0.05, 0.1) is 18.1 Å². The topological polar surface area (TPSA) is 95.6 Å². The third-order valence-electron chi connectivity index (χ3n) is 5.20. The first-order chi connectivity index (χ1) is 14.4. The van der Waals surface area contributed by atoms with Gasteiger partial charge in [-0.25, -0.2) is 8.42 Å². The molecule has 8 heteroatoms. The van der Waals surface area contributed by atoms with Gasteiger partial charge in [-0.1, -0.05) is 55.5 Å². The Morgan fingerprint density at radius 3 is 2.30 bits per heavy atom. The molecule has 1 heterocycles. The summed E-state index contributed by atoms with van der Waals surface area (Å²) in [5.74, 6) is -0.577. The van der Waals surface area contributed by atoms with E-state index in [1.807, 2.05) is 66.4 Å². The summed E-state index contributed by atoms with van der Waals surface area (Å²) in [7, 11) is -3.06. The number of hydrogen-bond donors (Lipinski definition) is 2. The lowest BCUT2D eigenvalue weighted by Gasteiger charge is -2.33. The molecule has 0 bridgehead atoms. The second kappa shape index (κ2) is 9.86. The highest BCUT2D eigenvalue weighted by atomic mass is 32.2. The number of para-hydroxylation sites is 1. The van der Waals surface area contributed by atoms with Crippen molar-refractivity contribution < 1.29 is 18.0 Å². The minimum Gasteiger partial charge on any atom is -0.345 e. The number of hydrogen-bond acceptors (Lipinski definition) is 5. The lowest BCUT2D eigenvalue weighted by Crippen LogP contribution is -2.48. The van der Waals surface area contributed by atoms with Crippen LogP contribution in [0.15, 0.2) is 54.6 Å². The number of carbonyl (C=O) groups is 2. The van der Waals surface area contributed by atoms with Crippen LogP contribution in [-0.4, -0.2) is 56.3 Å². The molecule has 2 aromatic carbocycles. The van der Waals surface area contributed by atoms with E-state index in [-0.39, 0.29) is 43.0 Å². The highest BCUT2D eigenvalue weighted by molar-refractivity contribution is 7.91. The zero-order valence-corrected chi connectivity index (χ0v) is 17.8. The number of sulfone groups is 1. The predicted molar refractivity (Wildman–Crippen MR) is 117 cm³/mol. The van der Waals surface area contributed by atoms with Gasteiger partial charge in [-0.2, -0.15) is 0 Å². The quantitative estimate of drug-likeness (QED) is 0.700. The average Bonchev–Trinajstić information content (AvgIpc) is 2.75. The molecule has 0 aliphatic carbocycles. The summed E-state index contributed by atoms with van der Waals surface area (Å²) in [6, 6.07) is 16.1.